The molecule has 0 radical (unpaired) electrons. The monoisotopic (exact) mass is 265 g/mol. The normalized spacial score (nSPS) is 10.3. The second-order valence-corrected chi connectivity index (χ2v) is 3.89. The van der Waals surface area contributed by atoms with Crippen LogP contribution in [0.5, 0.6) is 5.88 Å². The highest BCUT2D eigenvalue weighted by atomic mass is 19.2. The second kappa shape index (κ2) is 5.51. The van der Waals surface area contributed by atoms with Crippen molar-refractivity contribution in [2.75, 3.05) is 18.2 Å². The van der Waals surface area contributed by atoms with E-state index < -0.39 is 11.6 Å². The molecule has 4 nitrogen and oxygen atoms in total. The summed E-state index contributed by atoms with van der Waals surface area (Å²) in [6.07, 6.45) is 0. The van der Waals surface area contributed by atoms with Crippen molar-refractivity contribution in [2.24, 2.45) is 0 Å². The molecule has 0 aliphatic carbocycles. The molecule has 0 bridgehead atoms. The van der Waals surface area contributed by atoms with Gasteiger partial charge >= 0.3 is 0 Å². The first-order chi connectivity index (χ1) is 9.10. The molecule has 0 aliphatic rings. The molecule has 100 valence electrons. The Morgan fingerprint density at radius 1 is 1.21 bits per heavy atom. The Bertz CT molecular complexity index is 590. The number of nitrogens with two attached hydrogens (primary N) is 1. The summed E-state index contributed by atoms with van der Waals surface area (Å²) in [5.74, 6) is -0.903. The first-order valence-corrected chi connectivity index (χ1v) is 5.58. The van der Waals surface area contributed by atoms with Crippen LogP contribution in [-0.4, -0.2) is 12.1 Å². The van der Waals surface area contributed by atoms with Gasteiger partial charge in [0.25, 0.3) is 0 Å². The number of hydrogen-bond donors (Lipinski definition) is 2. The minimum atomic E-state index is -0.883. The zero-order chi connectivity index (χ0) is 13.8. The molecular formula is C13H13F2N3O. The van der Waals surface area contributed by atoms with E-state index >= 15 is 0 Å². The number of benzene rings is 1. The third-order valence-corrected chi connectivity index (χ3v) is 2.55. The van der Waals surface area contributed by atoms with Gasteiger partial charge in [-0.3, -0.25) is 0 Å². The van der Waals surface area contributed by atoms with Gasteiger partial charge in [0.05, 0.1) is 12.8 Å². The van der Waals surface area contributed by atoms with E-state index in [0.29, 0.717) is 22.9 Å². The smallest absolute Gasteiger partial charge is 0.215 e. The van der Waals surface area contributed by atoms with Gasteiger partial charge in [0.2, 0.25) is 5.88 Å². The number of halogens is 2. The number of nitrogens with zero attached hydrogens (tertiary/aromatic N) is 1. The first kappa shape index (κ1) is 13.1. The van der Waals surface area contributed by atoms with E-state index in [2.05, 4.69) is 10.3 Å². The topological polar surface area (TPSA) is 60.2 Å². The van der Waals surface area contributed by atoms with Crippen LogP contribution in [0.1, 0.15) is 5.56 Å². The van der Waals surface area contributed by atoms with Crippen LogP contribution < -0.4 is 15.8 Å². The van der Waals surface area contributed by atoms with Crippen LogP contribution in [-0.2, 0) is 6.54 Å². The van der Waals surface area contributed by atoms with Gasteiger partial charge in [0.15, 0.2) is 17.5 Å². The van der Waals surface area contributed by atoms with Crippen LogP contribution in [0.4, 0.5) is 20.3 Å². The van der Waals surface area contributed by atoms with E-state index in [-0.39, 0.29) is 6.54 Å². The first-order valence-electron chi connectivity index (χ1n) is 5.58. The third kappa shape index (κ3) is 3.09. The van der Waals surface area contributed by atoms with Crippen molar-refractivity contribution in [3.05, 3.63) is 47.5 Å². The summed E-state index contributed by atoms with van der Waals surface area (Å²) in [4.78, 5) is 4.12. The fraction of sp³-hybridized carbons (Fsp3) is 0.154. The van der Waals surface area contributed by atoms with Crippen molar-refractivity contribution in [1.82, 2.24) is 4.98 Å². The summed E-state index contributed by atoms with van der Waals surface area (Å²) in [5.41, 5.74) is 6.78. The molecule has 3 N–H and O–H groups in total. The Labute approximate surface area is 109 Å². The SMILES string of the molecule is COc1ccc(N)c(NCc2ccc(F)c(F)c2)n1. The summed E-state index contributed by atoms with van der Waals surface area (Å²) < 4.78 is 30.8. The molecule has 1 heterocycles. The van der Waals surface area contributed by atoms with Crippen LogP contribution in [0.25, 0.3) is 0 Å². The predicted octanol–water partition coefficient (Wildman–Crippen LogP) is 2.56. The Hall–Kier alpha value is -2.37. The minimum absolute atomic E-state index is 0.279. The number of nitrogen functional groups attached to an aromatic ring is 1. The molecule has 0 unspecified atom stereocenters. The quantitative estimate of drug-likeness (QED) is 0.892. The summed E-state index contributed by atoms with van der Waals surface area (Å²) in [7, 11) is 1.50. The zero-order valence-corrected chi connectivity index (χ0v) is 10.3. The summed E-state index contributed by atoms with van der Waals surface area (Å²) in [5, 5.41) is 2.95. The predicted molar refractivity (Wildman–Crippen MR) is 68.9 cm³/mol. The zero-order valence-electron chi connectivity index (χ0n) is 10.3. The van der Waals surface area contributed by atoms with Gasteiger partial charge in [0.1, 0.15) is 0 Å². The van der Waals surface area contributed by atoms with E-state index in [1.807, 2.05) is 0 Å². The molecule has 19 heavy (non-hydrogen) atoms. The fourth-order valence-corrected chi connectivity index (χ4v) is 1.54. The molecule has 0 fully saturated rings. The van der Waals surface area contributed by atoms with Crippen LogP contribution >= 0.6 is 0 Å². The van der Waals surface area contributed by atoms with Crippen molar-refractivity contribution in [3.63, 3.8) is 0 Å². The lowest BCUT2D eigenvalue weighted by molar-refractivity contribution is 0.398. The molecular weight excluding hydrogens is 252 g/mol. The number of pyridine rings is 1. The van der Waals surface area contributed by atoms with Crippen molar-refractivity contribution in [3.8, 4) is 5.88 Å². The van der Waals surface area contributed by atoms with Crippen LogP contribution in [0.15, 0.2) is 30.3 Å². The number of anilines is 2. The van der Waals surface area contributed by atoms with Gasteiger partial charge in [-0.15, -0.1) is 0 Å². The van der Waals surface area contributed by atoms with Crippen LogP contribution in [0.3, 0.4) is 0 Å². The van der Waals surface area contributed by atoms with Gasteiger partial charge in [-0.05, 0) is 23.8 Å². The number of ether oxygens (including phenoxy) is 1. The lowest BCUT2D eigenvalue weighted by atomic mass is 10.2. The molecule has 6 heteroatoms. The fourth-order valence-electron chi connectivity index (χ4n) is 1.54. The molecule has 0 saturated carbocycles. The summed E-state index contributed by atoms with van der Waals surface area (Å²) >= 11 is 0. The molecule has 2 aromatic rings. The molecule has 0 amide bonds. The summed E-state index contributed by atoms with van der Waals surface area (Å²) in [6, 6.07) is 6.98. The third-order valence-electron chi connectivity index (χ3n) is 2.55. The molecule has 1 aromatic heterocycles. The molecule has 0 saturated heterocycles. The van der Waals surface area contributed by atoms with Crippen LogP contribution in [0, 0.1) is 11.6 Å². The standard InChI is InChI=1S/C13H13F2N3O/c1-19-12-5-4-11(16)13(18-12)17-7-8-2-3-9(14)10(15)6-8/h2-6H,7,16H2,1H3,(H,17,18). The van der Waals surface area contributed by atoms with E-state index in [0.717, 1.165) is 12.1 Å². The van der Waals surface area contributed by atoms with Crippen molar-refractivity contribution in [2.45, 2.75) is 6.54 Å². The van der Waals surface area contributed by atoms with Crippen molar-refractivity contribution < 1.29 is 13.5 Å². The second-order valence-electron chi connectivity index (χ2n) is 3.89. The van der Waals surface area contributed by atoms with Crippen LogP contribution in [0.2, 0.25) is 0 Å². The minimum Gasteiger partial charge on any atom is -0.481 e. The lowest BCUT2D eigenvalue weighted by Gasteiger charge is -2.10. The van der Waals surface area contributed by atoms with Crippen molar-refractivity contribution >= 4 is 11.5 Å². The van der Waals surface area contributed by atoms with Gasteiger partial charge in [-0.2, -0.15) is 4.98 Å². The Kier molecular flexibility index (Phi) is 3.79. The average Bonchev–Trinajstić information content (AvgIpc) is 2.41. The largest absolute Gasteiger partial charge is 0.481 e. The van der Waals surface area contributed by atoms with E-state index in [4.69, 9.17) is 10.5 Å². The van der Waals surface area contributed by atoms with Gasteiger partial charge in [0, 0.05) is 12.6 Å². The molecule has 1 aromatic carbocycles. The highest BCUT2D eigenvalue weighted by Crippen LogP contribution is 2.20. The number of rotatable bonds is 4. The van der Waals surface area contributed by atoms with E-state index in [1.54, 1.807) is 12.1 Å². The van der Waals surface area contributed by atoms with Gasteiger partial charge < -0.3 is 15.8 Å². The Balaban J connectivity index is 2.11. The molecule has 0 spiro atoms. The maximum absolute atomic E-state index is 13.0. The van der Waals surface area contributed by atoms with Gasteiger partial charge in [-0.1, -0.05) is 6.07 Å². The highest BCUT2D eigenvalue weighted by Gasteiger charge is 2.05. The number of methoxy groups -OCH3 is 1. The summed E-state index contributed by atoms with van der Waals surface area (Å²) in [6.45, 7) is 0.279. The van der Waals surface area contributed by atoms with E-state index in [9.17, 15) is 8.78 Å². The number of aromatic nitrogens is 1. The maximum Gasteiger partial charge on any atom is 0.215 e. The lowest BCUT2D eigenvalue weighted by Crippen LogP contribution is -2.05. The molecule has 0 atom stereocenters. The highest BCUT2D eigenvalue weighted by molar-refractivity contribution is 5.62. The molecule has 0 aliphatic heterocycles. The average molecular weight is 265 g/mol. The number of hydrogen-bond acceptors (Lipinski definition) is 4. The molecule has 2 rings (SSSR count). The number of nitrogens with one attached hydrogen (secondary N) is 1. The Morgan fingerprint density at radius 2 is 2.00 bits per heavy atom. The van der Waals surface area contributed by atoms with Gasteiger partial charge in [-0.25, -0.2) is 8.78 Å². The van der Waals surface area contributed by atoms with E-state index in [1.165, 1.54) is 13.2 Å². The Morgan fingerprint density at radius 3 is 2.68 bits per heavy atom. The van der Waals surface area contributed by atoms with Crippen molar-refractivity contribution in [1.29, 1.82) is 0 Å². The maximum atomic E-state index is 13.0.